The summed E-state index contributed by atoms with van der Waals surface area (Å²) < 4.78 is 0. The zero-order valence-corrected chi connectivity index (χ0v) is 27.3. The van der Waals surface area contributed by atoms with E-state index in [-0.39, 0.29) is 5.41 Å². The lowest BCUT2D eigenvalue weighted by Gasteiger charge is -2.33. The van der Waals surface area contributed by atoms with Crippen LogP contribution in [-0.4, -0.2) is 0 Å². The number of unbranched alkanes of at least 4 members (excludes halogenated alkanes) is 6. The average molecular weight is 617 g/mol. The summed E-state index contributed by atoms with van der Waals surface area (Å²) in [6, 6.07) is 28.2. The van der Waals surface area contributed by atoms with Crippen LogP contribution >= 0.6 is 0 Å². The Labute approximate surface area is 278 Å². The van der Waals surface area contributed by atoms with E-state index in [4.69, 9.17) is 11.1 Å². The van der Waals surface area contributed by atoms with Crippen LogP contribution in [0.3, 0.4) is 0 Å². The average Bonchev–Trinajstić information content (AvgIpc) is 3.36. The number of azide groups is 2. The van der Waals surface area contributed by atoms with Crippen LogP contribution < -0.4 is 0 Å². The van der Waals surface area contributed by atoms with Gasteiger partial charge in [0.05, 0.1) is 0 Å². The molecule has 0 aliphatic heterocycles. The maximum Gasteiger partial charge on any atom is 0.0376 e. The third-order valence-corrected chi connectivity index (χ3v) is 9.03. The van der Waals surface area contributed by atoms with Crippen molar-refractivity contribution < 1.29 is 0 Å². The molecule has 0 heterocycles. The van der Waals surface area contributed by atoms with Crippen LogP contribution in [0, 0.1) is 23.7 Å². The smallest absolute Gasteiger partial charge is 0.0376 e. The summed E-state index contributed by atoms with van der Waals surface area (Å²) in [5.74, 6) is 13.5. The SMILES string of the molecule is CCCCCCC1(CCCCCC)c2cc(C#Cc3ccc(N=[N+]=[N-])cc3)ccc2-c2ccc(C#Cc3ccc(N=[N+]=[N-])cc3)cc21. The molecule has 0 unspecified atom stereocenters. The van der Waals surface area contributed by atoms with Crippen molar-refractivity contribution in [3.8, 4) is 34.8 Å². The van der Waals surface area contributed by atoms with Crippen molar-refractivity contribution in [2.75, 3.05) is 0 Å². The molecule has 0 saturated heterocycles. The van der Waals surface area contributed by atoms with Crippen LogP contribution in [0.4, 0.5) is 11.4 Å². The third kappa shape index (κ3) is 8.07. The monoisotopic (exact) mass is 616 g/mol. The van der Waals surface area contributed by atoms with E-state index in [1.54, 1.807) is 24.3 Å². The topological polar surface area (TPSA) is 97.5 Å². The van der Waals surface area contributed by atoms with Gasteiger partial charge in [0.15, 0.2) is 0 Å². The van der Waals surface area contributed by atoms with Gasteiger partial charge in [-0.3, -0.25) is 0 Å². The number of nitrogens with zero attached hydrogens (tertiary/aromatic N) is 6. The number of fused-ring (bicyclic) bond motifs is 3. The van der Waals surface area contributed by atoms with Crippen LogP contribution in [0.5, 0.6) is 0 Å². The molecule has 0 amide bonds. The number of hydrogen-bond donors (Lipinski definition) is 0. The highest BCUT2D eigenvalue weighted by molar-refractivity contribution is 5.82. The van der Waals surface area contributed by atoms with Crippen LogP contribution in [0.1, 0.15) is 111 Å². The van der Waals surface area contributed by atoms with Gasteiger partial charge in [-0.05, 0) is 94.7 Å². The number of benzene rings is 4. The molecule has 6 heteroatoms. The standard InChI is InChI=1S/C41H40N6/c1-3-5-7-9-27-41(28-10-8-6-4-2)39-29-33(13-11-31-15-21-35(22-16-31)44-46-42)19-25-37(39)38-26-20-34(30-40(38)41)14-12-32-17-23-36(24-18-32)45-47-43/h15-26,29-30H,3-10,27-28H2,1-2H3. The van der Waals surface area contributed by atoms with E-state index in [9.17, 15) is 0 Å². The Hall–Kier alpha value is -5.38. The summed E-state index contributed by atoms with van der Waals surface area (Å²) in [6.07, 6.45) is 12.0. The van der Waals surface area contributed by atoms with Gasteiger partial charge in [0.1, 0.15) is 0 Å². The highest BCUT2D eigenvalue weighted by Gasteiger charge is 2.42. The van der Waals surface area contributed by atoms with Crippen molar-refractivity contribution in [2.45, 2.75) is 83.5 Å². The Morgan fingerprint density at radius 1 is 0.511 bits per heavy atom. The fourth-order valence-electron chi connectivity index (χ4n) is 6.64. The largest absolute Gasteiger partial charge is 0.0654 e. The van der Waals surface area contributed by atoms with Crippen molar-refractivity contribution in [3.05, 3.63) is 139 Å². The molecule has 47 heavy (non-hydrogen) atoms. The predicted molar refractivity (Wildman–Crippen MR) is 193 cm³/mol. The normalized spacial score (nSPS) is 11.9. The fourth-order valence-corrected chi connectivity index (χ4v) is 6.64. The van der Waals surface area contributed by atoms with Gasteiger partial charge in [0, 0.05) is 48.9 Å². The minimum Gasteiger partial charge on any atom is -0.0654 e. The molecule has 1 aliphatic rings. The molecule has 0 saturated carbocycles. The summed E-state index contributed by atoms with van der Waals surface area (Å²) >= 11 is 0. The molecule has 0 atom stereocenters. The van der Waals surface area contributed by atoms with Gasteiger partial charge < -0.3 is 0 Å². The first kappa shape index (κ1) is 33.0. The van der Waals surface area contributed by atoms with Crippen LogP contribution in [0.15, 0.2) is 95.2 Å². The molecule has 0 N–H and O–H groups in total. The zero-order valence-electron chi connectivity index (χ0n) is 27.3. The van der Waals surface area contributed by atoms with Gasteiger partial charge in [-0.15, -0.1) is 0 Å². The predicted octanol–water partition coefficient (Wildman–Crippen LogP) is 12.6. The van der Waals surface area contributed by atoms with E-state index >= 15 is 0 Å². The summed E-state index contributed by atoms with van der Waals surface area (Å²) in [7, 11) is 0. The van der Waals surface area contributed by atoms with E-state index in [2.05, 4.69) is 94.0 Å². The van der Waals surface area contributed by atoms with Gasteiger partial charge in [0.25, 0.3) is 0 Å². The molecule has 0 spiro atoms. The first-order valence-corrected chi connectivity index (χ1v) is 16.7. The Morgan fingerprint density at radius 3 is 1.28 bits per heavy atom. The Balaban J connectivity index is 1.55. The lowest BCUT2D eigenvalue weighted by atomic mass is 9.70. The molecule has 6 nitrogen and oxygen atoms in total. The highest BCUT2D eigenvalue weighted by atomic mass is 15.1. The lowest BCUT2D eigenvalue weighted by molar-refractivity contribution is 0.401. The third-order valence-electron chi connectivity index (χ3n) is 9.03. The first-order valence-electron chi connectivity index (χ1n) is 16.7. The van der Waals surface area contributed by atoms with Crippen molar-refractivity contribution in [1.82, 2.24) is 0 Å². The van der Waals surface area contributed by atoms with E-state index in [0.29, 0.717) is 11.4 Å². The van der Waals surface area contributed by atoms with E-state index in [0.717, 1.165) is 35.1 Å². The highest BCUT2D eigenvalue weighted by Crippen LogP contribution is 2.54. The minimum atomic E-state index is -0.0879. The molecule has 5 rings (SSSR count). The number of hydrogen-bond acceptors (Lipinski definition) is 2. The van der Waals surface area contributed by atoms with E-state index in [1.807, 2.05) is 24.3 Å². The van der Waals surface area contributed by atoms with Gasteiger partial charge in [0.2, 0.25) is 0 Å². The Morgan fingerprint density at radius 2 is 0.894 bits per heavy atom. The van der Waals surface area contributed by atoms with Crippen molar-refractivity contribution in [3.63, 3.8) is 0 Å². The Bertz CT molecular complexity index is 1780. The molecule has 0 radical (unpaired) electrons. The zero-order chi connectivity index (χ0) is 32.9. The molecule has 0 bridgehead atoms. The van der Waals surface area contributed by atoms with Gasteiger partial charge >= 0.3 is 0 Å². The Kier molecular flexibility index (Phi) is 11.4. The second kappa shape index (κ2) is 16.3. The summed E-state index contributed by atoms with van der Waals surface area (Å²) in [5.41, 5.74) is 27.7. The maximum atomic E-state index is 8.71. The molecule has 0 aromatic heterocycles. The molecule has 234 valence electrons. The molecule has 0 fully saturated rings. The van der Waals surface area contributed by atoms with Crippen LogP contribution in [0.25, 0.3) is 32.0 Å². The van der Waals surface area contributed by atoms with E-state index in [1.165, 1.54) is 73.6 Å². The summed E-state index contributed by atoms with van der Waals surface area (Å²) in [4.78, 5) is 5.73. The summed E-state index contributed by atoms with van der Waals surface area (Å²) in [6.45, 7) is 4.54. The second-order valence-corrected chi connectivity index (χ2v) is 12.2. The second-order valence-electron chi connectivity index (χ2n) is 12.2. The van der Waals surface area contributed by atoms with Gasteiger partial charge in [-0.25, -0.2) is 0 Å². The van der Waals surface area contributed by atoms with E-state index < -0.39 is 0 Å². The van der Waals surface area contributed by atoms with Crippen LogP contribution in [-0.2, 0) is 5.41 Å². The minimum absolute atomic E-state index is 0.0879. The van der Waals surface area contributed by atoms with Crippen molar-refractivity contribution in [1.29, 1.82) is 0 Å². The quantitative estimate of drug-likeness (QED) is 0.0497. The van der Waals surface area contributed by atoms with Crippen molar-refractivity contribution >= 4 is 11.4 Å². The molecule has 4 aromatic carbocycles. The molecular weight excluding hydrogens is 576 g/mol. The fraction of sp³-hybridized carbons (Fsp3) is 0.317. The van der Waals surface area contributed by atoms with Gasteiger partial charge in [-0.2, -0.15) is 0 Å². The maximum absolute atomic E-state index is 8.71. The van der Waals surface area contributed by atoms with Gasteiger partial charge in [-0.1, -0.05) is 136 Å². The number of rotatable bonds is 12. The summed E-state index contributed by atoms with van der Waals surface area (Å²) in [5, 5.41) is 7.33. The first-order chi connectivity index (χ1) is 23.1. The van der Waals surface area contributed by atoms with Crippen molar-refractivity contribution in [2.24, 2.45) is 10.2 Å². The molecule has 1 aliphatic carbocycles. The van der Waals surface area contributed by atoms with Crippen LogP contribution in [0.2, 0.25) is 0 Å². The molecular formula is C41H40N6. The lowest BCUT2D eigenvalue weighted by Crippen LogP contribution is -2.26. The molecule has 4 aromatic rings.